The third kappa shape index (κ3) is 4.07. The molecular weight excluding hydrogens is 469 g/mol. The van der Waals surface area contributed by atoms with Gasteiger partial charge in [0.1, 0.15) is 22.2 Å². The molecule has 0 unspecified atom stereocenters. The summed E-state index contributed by atoms with van der Waals surface area (Å²) in [6.07, 6.45) is 5.04. The zero-order valence-corrected chi connectivity index (χ0v) is 18.2. The molecule has 0 atom stereocenters. The summed E-state index contributed by atoms with van der Waals surface area (Å²) in [5, 5.41) is 4.52. The van der Waals surface area contributed by atoms with Crippen molar-refractivity contribution < 1.29 is 21.6 Å². The smallest absolute Gasteiger partial charge is 0.265 e. The molecule has 3 N–H and O–H groups in total. The highest BCUT2D eigenvalue weighted by atomic mass is 32.2. The summed E-state index contributed by atoms with van der Waals surface area (Å²) in [6.45, 7) is 0. The van der Waals surface area contributed by atoms with Crippen LogP contribution in [-0.4, -0.2) is 28.2 Å². The van der Waals surface area contributed by atoms with Gasteiger partial charge in [0.25, 0.3) is 10.0 Å². The molecule has 2 aromatic heterocycles. The molecule has 2 heterocycles. The van der Waals surface area contributed by atoms with Crippen molar-refractivity contribution in [3.8, 4) is 22.5 Å². The maximum Gasteiger partial charge on any atom is 0.265 e. The van der Waals surface area contributed by atoms with E-state index in [-0.39, 0.29) is 23.2 Å². The molecule has 0 bridgehead atoms. The van der Waals surface area contributed by atoms with Crippen LogP contribution in [-0.2, 0) is 10.0 Å². The van der Waals surface area contributed by atoms with Crippen molar-refractivity contribution in [1.29, 1.82) is 0 Å². The van der Waals surface area contributed by atoms with Gasteiger partial charge in [0.05, 0.1) is 17.4 Å². The first-order valence-electron chi connectivity index (χ1n) is 10.2. The topological polar surface area (TPSA) is 116 Å². The maximum absolute atomic E-state index is 15.6. The van der Waals surface area contributed by atoms with Gasteiger partial charge in [0.15, 0.2) is 5.82 Å². The van der Waals surface area contributed by atoms with Gasteiger partial charge in [-0.25, -0.2) is 31.6 Å². The first-order valence-corrected chi connectivity index (χ1v) is 11.7. The second-order valence-corrected chi connectivity index (χ2v) is 9.40. The lowest BCUT2D eigenvalue weighted by atomic mass is 10.0. The number of halogens is 3. The van der Waals surface area contributed by atoms with E-state index >= 15 is 4.39 Å². The van der Waals surface area contributed by atoms with Crippen molar-refractivity contribution in [2.75, 3.05) is 10.5 Å². The molecule has 2 aromatic carbocycles. The second kappa shape index (κ2) is 8.13. The summed E-state index contributed by atoms with van der Waals surface area (Å²) >= 11 is 0. The van der Waals surface area contributed by atoms with Gasteiger partial charge < -0.3 is 5.73 Å². The molecular formula is C22H17F3N6O2S. The van der Waals surface area contributed by atoms with Crippen molar-refractivity contribution in [2.45, 2.75) is 23.8 Å². The molecule has 0 amide bonds. The Labute approximate surface area is 192 Å². The molecule has 4 aromatic rings. The maximum atomic E-state index is 15.6. The van der Waals surface area contributed by atoms with E-state index in [1.54, 1.807) is 16.9 Å². The Morgan fingerprint density at radius 1 is 1.06 bits per heavy atom. The zero-order valence-electron chi connectivity index (χ0n) is 17.4. The fourth-order valence-corrected chi connectivity index (χ4v) is 4.65. The van der Waals surface area contributed by atoms with Crippen LogP contribution in [0.3, 0.4) is 0 Å². The van der Waals surface area contributed by atoms with Gasteiger partial charge in [-0.05, 0) is 49.2 Å². The number of nitrogens with one attached hydrogen (secondary N) is 1. The number of sulfonamides is 1. The van der Waals surface area contributed by atoms with Gasteiger partial charge in [0, 0.05) is 23.5 Å². The predicted molar refractivity (Wildman–Crippen MR) is 118 cm³/mol. The zero-order chi connectivity index (χ0) is 24.0. The number of aromatic nitrogens is 4. The standard InChI is InChI=1S/C22H17F3N6O2S/c23-12-4-7-16(24)19(10-12)34(32,33)30-18-3-1-2-14(20(18)25)21-15(11-31(29-21)13-5-6-13)17-8-9-27-22(26)28-17/h1-4,7-11,13,30H,5-6H2,(H2,26,27,28). The molecule has 1 aliphatic carbocycles. The summed E-state index contributed by atoms with van der Waals surface area (Å²) in [5.41, 5.74) is 6.37. The van der Waals surface area contributed by atoms with E-state index in [1.807, 2.05) is 4.72 Å². The molecule has 5 rings (SSSR count). The molecule has 8 nitrogen and oxygen atoms in total. The van der Waals surface area contributed by atoms with Crippen LogP contribution in [0.25, 0.3) is 22.5 Å². The van der Waals surface area contributed by atoms with Crippen molar-refractivity contribution in [3.05, 3.63) is 72.3 Å². The van der Waals surface area contributed by atoms with E-state index in [1.165, 1.54) is 24.4 Å². The lowest BCUT2D eigenvalue weighted by molar-refractivity contribution is 0.555. The lowest BCUT2D eigenvalue weighted by Gasteiger charge is -2.12. The number of rotatable bonds is 6. The number of benzene rings is 2. The van der Waals surface area contributed by atoms with Crippen LogP contribution in [0.1, 0.15) is 18.9 Å². The number of anilines is 2. The molecule has 174 valence electrons. The summed E-state index contributed by atoms with van der Waals surface area (Å²) in [4.78, 5) is 7.12. The van der Waals surface area contributed by atoms with Crippen molar-refractivity contribution in [1.82, 2.24) is 19.7 Å². The predicted octanol–water partition coefficient (Wildman–Crippen LogP) is 4.14. The number of nitrogens with two attached hydrogens (primary N) is 1. The van der Waals surface area contributed by atoms with Crippen LogP contribution in [0, 0.1) is 17.5 Å². The highest BCUT2D eigenvalue weighted by Gasteiger charge is 2.29. The number of nitrogens with zero attached hydrogens (tertiary/aromatic N) is 4. The van der Waals surface area contributed by atoms with Crippen LogP contribution in [0.5, 0.6) is 0 Å². The molecule has 0 saturated heterocycles. The molecule has 0 radical (unpaired) electrons. The lowest BCUT2D eigenvalue weighted by Crippen LogP contribution is -2.16. The Morgan fingerprint density at radius 3 is 2.59 bits per heavy atom. The molecule has 1 saturated carbocycles. The summed E-state index contributed by atoms with van der Waals surface area (Å²) in [5.74, 6) is -3.03. The molecule has 0 aliphatic heterocycles. The Balaban J connectivity index is 1.59. The molecule has 1 fully saturated rings. The fourth-order valence-electron chi connectivity index (χ4n) is 3.50. The van der Waals surface area contributed by atoms with Crippen LogP contribution in [0.2, 0.25) is 0 Å². The fraction of sp³-hybridized carbons (Fsp3) is 0.136. The largest absolute Gasteiger partial charge is 0.368 e. The Hall–Kier alpha value is -3.93. The molecule has 12 heteroatoms. The van der Waals surface area contributed by atoms with Crippen LogP contribution in [0.15, 0.2) is 59.8 Å². The van der Waals surface area contributed by atoms with E-state index in [4.69, 9.17) is 5.73 Å². The summed E-state index contributed by atoms with van der Waals surface area (Å²) in [6, 6.07) is 7.80. The van der Waals surface area contributed by atoms with E-state index in [2.05, 4.69) is 15.1 Å². The van der Waals surface area contributed by atoms with E-state index in [0.717, 1.165) is 18.9 Å². The highest BCUT2D eigenvalue weighted by molar-refractivity contribution is 7.92. The van der Waals surface area contributed by atoms with Gasteiger partial charge in [-0.1, -0.05) is 6.07 Å². The SMILES string of the molecule is Nc1nccc(-c2cn(C3CC3)nc2-c2cccc(NS(=O)(=O)c3cc(F)ccc3F)c2F)n1. The van der Waals surface area contributed by atoms with Crippen molar-refractivity contribution in [2.24, 2.45) is 0 Å². The first-order chi connectivity index (χ1) is 16.2. The van der Waals surface area contributed by atoms with Gasteiger partial charge in [-0.3, -0.25) is 9.40 Å². The van der Waals surface area contributed by atoms with Gasteiger partial charge in [-0.15, -0.1) is 0 Å². The molecule has 1 aliphatic rings. The van der Waals surface area contributed by atoms with Crippen LogP contribution >= 0.6 is 0 Å². The minimum Gasteiger partial charge on any atom is -0.368 e. The van der Waals surface area contributed by atoms with Gasteiger partial charge >= 0.3 is 0 Å². The normalized spacial score (nSPS) is 13.7. The Kier molecular flexibility index (Phi) is 5.24. The van der Waals surface area contributed by atoms with E-state index in [9.17, 15) is 17.2 Å². The third-order valence-electron chi connectivity index (χ3n) is 5.28. The number of nitrogen functional groups attached to an aromatic ring is 1. The summed E-state index contributed by atoms with van der Waals surface area (Å²) in [7, 11) is -4.62. The third-order valence-corrected chi connectivity index (χ3v) is 6.66. The summed E-state index contributed by atoms with van der Waals surface area (Å²) < 4.78 is 72.2. The quantitative estimate of drug-likeness (QED) is 0.423. The monoisotopic (exact) mass is 486 g/mol. The number of hydrogen-bond donors (Lipinski definition) is 2. The Bertz CT molecular complexity index is 1520. The molecule has 0 spiro atoms. The molecule has 34 heavy (non-hydrogen) atoms. The van der Waals surface area contributed by atoms with Crippen LogP contribution < -0.4 is 10.5 Å². The second-order valence-electron chi connectivity index (χ2n) is 7.75. The van der Waals surface area contributed by atoms with Crippen molar-refractivity contribution >= 4 is 21.7 Å². The minimum absolute atomic E-state index is 0.00787. The average Bonchev–Trinajstić information content (AvgIpc) is 3.55. The van der Waals surface area contributed by atoms with Gasteiger partial charge in [0.2, 0.25) is 5.95 Å². The highest BCUT2D eigenvalue weighted by Crippen LogP contribution is 2.40. The first kappa shape index (κ1) is 21.9. The Morgan fingerprint density at radius 2 is 1.85 bits per heavy atom. The number of hydrogen-bond acceptors (Lipinski definition) is 6. The minimum atomic E-state index is -4.62. The average molecular weight is 486 g/mol. The van der Waals surface area contributed by atoms with Crippen LogP contribution in [0.4, 0.5) is 24.8 Å². The van der Waals surface area contributed by atoms with Crippen molar-refractivity contribution in [3.63, 3.8) is 0 Å². The van der Waals surface area contributed by atoms with E-state index < -0.39 is 38.1 Å². The van der Waals surface area contributed by atoms with E-state index in [0.29, 0.717) is 23.4 Å². The van der Waals surface area contributed by atoms with Gasteiger partial charge in [-0.2, -0.15) is 5.10 Å².